The highest BCUT2D eigenvalue weighted by Gasteiger charge is 2.01. The Morgan fingerprint density at radius 3 is 2.75 bits per heavy atom. The molecule has 1 aromatic rings. The van der Waals surface area contributed by atoms with E-state index in [2.05, 4.69) is 41.4 Å². The van der Waals surface area contributed by atoms with E-state index in [1.165, 1.54) is 29.1 Å². The molecule has 1 rings (SSSR count). The lowest BCUT2D eigenvalue weighted by Gasteiger charge is -2.10. The van der Waals surface area contributed by atoms with Gasteiger partial charge in [-0.25, -0.2) is 4.98 Å². The number of guanidine groups is 1. The molecule has 0 aliphatic carbocycles. The number of aromatic nitrogens is 1. The van der Waals surface area contributed by atoms with Crippen LogP contribution in [0.1, 0.15) is 49.9 Å². The third kappa shape index (κ3) is 6.89. The summed E-state index contributed by atoms with van der Waals surface area (Å²) in [6.45, 7) is 9.17. The lowest BCUT2D eigenvalue weighted by molar-refractivity contribution is 0.716. The Kier molecular flexibility index (Phi) is 9.04. The van der Waals surface area contributed by atoms with Crippen LogP contribution in [0.25, 0.3) is 0 Å². The van der Waals surface area contributed by atoms with Crippen LogP contribution in [0.2, 0.25) is 0 Å². The van der Waals surface area contributed by atoms with Gasteiger partial charge in [0.1, 0.15) is 0 Å². The third-order valence-electron chi connectivity index (χ3n) is 2.96. The number of rotatable bonds is 9. The van der Waals surface area contributed by atoms with Crippen molar-refractivity contribution in [1.82, 2.24) is 15.6 Å². The second-order valence-electron chi connectivity index (χ2n) is 4.72. The fourth-order valence-electron chi connectivity index (χ4n) is 1.81. The zero-order chi connectivity index (χ0) is 14.6. The molecule has 0 amide bonds. The van der Waals surface area contributed by atoms with Gasteiger partial charge in [-0.15, -0.1) is 11.3 Å². The molecule has 20 heavy (non-hydrogen) atoms. The standard InChI is InChI=1S/C15H28N4S/c1-4-7-8-10-17-15(16-6-3)18-11-9-14-19-12-13(5-2)20-14/h12H,4-11H2,1-3H3,(H2,16,17,18). The highest BCUT2D eigenvalue weighted by Crippen LogP contribution is 2.13. The first kappa shape index (κ1) is 17.0. The number of aryl methyl sites for hydroxylation is 1. The molecular weight excluding hydrogens is 268 g/mol. The van der Waals surface area contributed by atoms with Crippen molar-refractivity contribution in [3.05, 3.63) is 16.1 Å². The quantitative estimate of drug-likeness (QED) is 0.418. The van der Waals surface area contributed by atoms with Crippen LogP contribution < -0.4 is 10.6 Å². The summed E-state index contributed by atoms with van der Waals surface area (Å²) in [5.74, 6) is 0.927. The van der Waals surface area contributed by atoms with Gasteiger partial charge < -0.3 is 10.6 Å². The first-order valence-electron chi connectivity index (χ1n) is 7.75. The summed E-state index contributed by atoms with van der Waals surface area (Å²) in [5, 5.41) is 7.87. The molecule has 0 aromatic carbocycles. The molecule has 1 aromatic heterocycles. The zero-order valence-corrected chi connectivity index (χ0v) is 13.9. The monoisotopic (exact) mass is 296 g/mol. The average Bonchev–Trinajstić information content (AvgIpc) is 2.91. The molecule has 0 fully saturated rings. The molecule has 0 saturated heterocycles. The highest BCUT2D eigenvalue weighted by molar-refractivity contribution is 7.11. The van der Waals surface area contributed by atoms with Crippen LogP contribution >= 0.6 is 11.3 Å². The van der Waals surface area contributed by atoms with Crippen molar-refractivity contribution in [2.24, 2.45) is 4.99 Å². The van der Waals surface area contributed by atoms with Crippen molar-refractivity contribution in [3.8, 4) is 0 Å². The molecule has 5 heteroatoms. The number of nitrogens with zero attached hydrogens (tertiary/aromatic N) is 2. The van der Waals surface area contributed by atoms with Gasteiger partial charge in [0.05, 0.1) is 5.01 Å². The smallest absolute Gasteiger partial charge is 0.191 e. The van der Waals surface area contributed by atoms with Gasteiger partial charge in [-0.3, -0.25) is 4.99 Å². The molecule has 0 saturated carbocycles. The molecule has 0 aliphatic rings. The number of nitrogens with one attached hydrogen (secondary N) is 2. The molecule has 0 unspecified atom stereocenters. The first-order chi connectivity index (χ1) is 9.80. The van der Waals surface area contributed by atoms with E-state index in [9.17, 15) is 0 Å². The molecule has 0 radical (unpaired) electrons. The molecule has 1 heterocycles. The maximum atomic E-state index is 4.58. The molecular formula is C15H28N4S. The average molecular weight is 296 g/mol. The van der Waals surface area contributed by atoms with E-state index in [1.54, 1.807) is 0 Å². The van der Waals surface area contributed by atoms with E-state index >= 15 is 0 Å². The number of hydrogen-bond acceptors (Lipinski definition) is 3. The van der Waals surface area contributed by atoms with Crippen LogP contribution in [-0.4, -0.2) is 30.6 Å². The van der Waals surface area contributed by atoms with E-state index in [-0.39, 0.29) is 0 Å². The number of thiazole rings is 1. The second-order valence-corrected chi connectivity index (χ2v) is 5.92. The lowest BCUT2D eigenvalue weighted by atomic mass is 10.2. The summed E-state index contributed by atoms with van der Waals surface area (Å²) in [6.07, 6.45) is 7.69. The van der Waals surface area contributed by atoms with Crippen LogP contribution in [0.15, 0.2) is 11.2 Å². The van der Waals surface area contributed by atoms with Crippen molar-refractivity contribution in [2.45, 2.75) is 52.9 Å². The summed E-state index contributed by atoms with van der Waals surface area (Å²) in [5.41, 5.74) is 0. The summed E-state index contributed by atoms with van der Waals surface area (Å²) in [7, 11) is 0. The maximum Gasteiger partial charge on any atom is 0.191 e. The zero-order valence-electron chi connectivity index (χ0n) is 13.0. The predicted octanol–water partition coefficient (Wildman–Crippen LogP) is 2.99. The summed E-state index contributed by atoms with van der Waals surface area (Å²) in [4.78, 5) is 10.4. The second kappa shape index (κ2) is 10.7. The number of aliphatic imine (C=N–C) groups is 1. The van der Waals surface area contributed by atoms with Crippen molar-refractivity contribution in [1.29, 1.82) is 0 Å². The topological polar surface area (TPSA) is 49.3 Å². The third-order valence-corrected chi connectivity index (χ3v) is 4.16. The largest absolute Gasteiger partial charge is 0.357 e. The minimum atomic E-state index is 0.885. The SMILES string of the molecule is CCCCCN=C(NCC)NCCc1ncc(CC)s1. The van der Waals surface area contributed by atoms with Gasteiger partial charge in [-0.05, 0) is 19.8 Å². The van der Waals surface area contributed by atoms with Crippen LogP contribution in [0.5, 0.6) is 0 Å². The van der Waals surface area contributed by atoms with Crippen LogP contribution in [-0.2, 0) is 12.8 Å². The minimum absolute atomic E-state index is 0.885. The van der Waals surface area contributed by atoms with E-state index in [0.29, 0.717) is 0 Å². The Morgan fingerprint density at radius 1 is 1.25 bits per heavy atom. The minimum Gasteiger partial charge on any atom is -0.357 e. The normalized spacial score (nSPS) is 11.7. The van der Waals surface area contributed by atoms with Gasteiger partial charge >= 0.3 is 0 Å². The first-order valence-corrected chi connectivity index (χ1v) is 8.57. The summed E-state index contributed by atoms with van der Waals surface area (Å²) >= 11 is 1.81. The van der Waals surface area contributed by atoms with Gasteiger partial charge in [-0.1, -0.05) is 26.7 Å². The van der Waals surface area contributed by atoms with Gasteiger partial charge in [0.25, 0.3) is 0 Å². The lowest BCUT2D eigenvalue weighted by Crippen LogP contribution is -2.38. The molecule has 0 bridgehead atoms. The molecule has 0 aliphatic heterocycles. The number of hydrogen-bond donors (Lipinski definition) is 2. The van der Waals surface area contributed by atoms with E-state index < -0.39 is 0 Å². The van der Waals surface area contributed by atoms with E-state index in [0.717, 1.165) is 38.4 Å². The molecule has 0 atom stereocenters. The maximum absolute atomic E-state index is 4.58. The molecule has 114 valence electrons. The van der Waals surface area contributed by atoms with Gasteiger partial charge in [0.2, 0.25) is 0 Å². The molecule has 2 N–H and O–H groups in total. The predicted molar refractivity (Wildman–Crippen MR) is 88.7 cm³/mol. The Morgan fingerprint density at radius 2 is 2.10 bits per heavy atom. The Hall–Kier alpha value is -1.10. The van der Waals surface area contributed by atoms with Crippen molar-refractivity contribution in [2.75, 3.05) is 19.6 Å². The Balaban J connectivity index is 2.30. The fraction of sp³-hybridized carbons (Fsp3) is 0.733. The van der Waals surface area contributed by atoms with E-state index in [4.69, 9.17) is 0 Å². The van der Waals surface area contributed by atoms with Crippen LogP contribution in [0, 0.1) is 0 Å². The molecule has 0 spiro atoms. The fourth-order valence-corrected chi connectivity index (χ4v) is 2.67. The van der Waals surface area contributed by atoms with Crippen LogP contribution in [0.3, 0.4) is 0 Å². The van der Waals surface area contributed by atoms with Crippen LogP contribution in [0.4, 0.5) is 0 Å². The van der Waals surface area contributed by atoms with Crippen molar-refractivity contribution in [3.63, 3.8) is 0 Å². The van der Waals surface area contributed by atoms with E-state index in [1.807, 2.05) is 17.5 Å². The van der Waals surface area contributed by atoms with Gasteiger partial charge in [-0.2, -0.15) is 0 Å². The highest BCUT2D eigenvalue weighted by atomic mass is 32.1. The Labute approximate surface area is 127 Å². The summed E-state index contributed by atoms with van der Waals surface area (Å²) in [6, 6.07) is 0. The summed E-state index contributed by atoms with van der Waals surface area (Å²) < 4.78 is 0. The van der Waals surface area contributed by atoms with Gasteiger partial charge in [0.15, 0.2) is 5.96 Å². The number of unbranched alkanes of at least 4 members (excludes halogenated alkanes) is 2. The van der Waals surface area contributed by atoms with Crippen molar-refractivity contribution < 1.29 is 0 Å². The Bertz CT molecular complexity index is 387. The molecule has 4 nitrogen and oxygen atoms in total. The van der Waals surface area contributed by atoms with Gasteiger partial charge in [0, 0.05) is 37.1 Å². The van der Waals surface area contributed by atoms with Crippen molar-refractivity contribution >= 4 is 17.3 Å².